The average molecular weight is 928 g/mol. The van der Waals surface area contributed by atoms with E-state index in [-0.39, 0.29) is 22.6 Å². The first-order valence-electron chi connectivity index (χ1n) is 22.7. The molecule has 0 radical (unpaired) electrons. The molecular weight excluding hydrogens is 863 g/mol. The number of carbonyl (C=O) groups is 1. The number of carbonyl (C=O) groups excluding carboxylic acids is 1. The van der Waals surface area contributed by atoms with Crippen LogP contribution in [-0.4, -0.2) is 110 Å². The molecule has 2 aliphatic heterocycles. The summed E-state index contributed by atoms with van der Waals surface area (Å²) in [6, 6.07) is 31.1. The highest BCUT2D eigenvalue weighted by Gasteiger charge is 2.49. The molecule has 0 bridgehead atoms. The Balaban J connectivity index is 0.000000324. The van der Waals surface area contributed by atoms with Gasteiger partial charge in [-0.3, -0.25) is 28.7 Å². The third-order valence-corrected chi connectivity index (χ3v) is 15.0. The Morgan fingerprint density at radius 1 is 0.754 bits per heavy atom. The van der Waals surface area contributed by atoms with E-state index in [1.165, 1.54) is 81.3 Å². The van der Waals surface area contributed by atoms with Crippen molar-refractivity contribution in [1.82, 2.24) is 19.7 Å². The molecule has 2 fully saturated rings. The molecule has 0 saturated carbocycles. The van der Waals surface area contributed by atoms with Gasteiger partial charge in [0.1, 0.15) is 21.0 Å². The van der Waals surface area contributed by atoms with Crippen LogP contribution < -0.4 is 10.5 Å². The first kappa shape index (κ1) is 49.7. The van der Waals surface area contributed by atoms with Gasteiger partial charge in [-0.15, -0.1) is 0 Å². The SMILES string of the molecule is COc1ccncc1CN1CCC(N(CCCCCCCN2CC[C@@H](C(C(N)=O)(c3ccccc3)c3ccccc3)C2)C(C)C)CC1.O=S(=O)(O)c1cccc2c(S(=O)(=O)O)cccc12. The molecule has 2 saturated heterocycles. The number of unbranched alkanes of at least 4 members (excludes halogenated alkanes) is 4. The van der Waals surface area contributed by atoms with E-state index in [0.29, 0.717) is 12.1 Å². The van der Waals surface area contributed by atoms with Crippen LogP contribution in [0.3, 0.4) is 0 Å². The molecule has 1 amide bonds. The monoisotopic (exact) mass is 927 g/mol. The number of amides is 1. The van der Waals surface area contributed by atoms with E-state index in [1.807, 2.05) is 48.7 Å². The third-order valence-electron chi connectivity index (χ3n) is 13.2. The van der Waals surface area contributed by atoms with Crippen molar-refractivity contribution in [3.05, 3.63) is 132 Å². The number of nitrogens with zero attached hydrogens (tertiary/aromatic N) is 4. The van der Waals surface area contributed by atoms with Crippen LogP contribution in [0.2, 0.25) is 0 Å². The number of hydrogen-bond donors (Lipinski definition) is 3. The summed E-state index contributed by atoms with van der Waals surface area (Å²) in [6.07, 6.45) is 13.5. The van der Waals surface area contributed by atoms with Crippen molar-refractivity contribution < 1.29 is 35.5 Å². The molecule has 0 unspecified atom stereocenters. The molecule has 13 nitrogen and oxygen atoms in total. The van der Waals surface area contributed by atoms with Gasteiger partial charge in [0.15, 0.2) is 0 Å². The van der Waals surface area contributed by atoms with Crippen LogP contribution in [0.15, 0.2) is 125 Å². The fraction of sp³-hybridized carbons (Fsp3) is 0.440. The molecule has 350 valence electrons. The largest absolute Gasteiger partial charge is 0.496 e. The smallest absolute Gasteiger partial charge is 0.295 e. The second kappa shape index (κ2) is 22.6. The van der Waals surface area contributed by atoms with Crippen molar-refractivity contribution in [1.29, 1.82) is 0 Å². The van der Waals surface area contributed by atoms with Gasteiger partial charge in [-0.1, -0.05) is 104 Å². The van der Waals surface area contributed by atoms with Crippen LogP contribution in [0.1, 0.15) is 81.9 Å². The van der Waals surface area contributed by atoms with Gasteiger partial charge in [0.05, 0.1) is 7.11 Å². The van der Waals surface area contributed by atoms with Gasteiger partial charge < -0.3 is 15.4 Å². The number of pyridine rings is 1. The first-order valence-corrected chi connectivity index (χ1v) is 25.6. The summed E-state index contributed by atoms with van der Waals surface area (Å²) in [7, 11) is -7.20. The Morgan fingerprint density at radius 3 is 1.82 bits per heavy atom. The summed E-state index contributed by atoms with van der Waals surface area (Å²) in [4.78, 5) is 24.7. The Kier molecular flexibility index (Phi) is 17.3. The standard InChI is InChI=1S/C40H57N5O2.C10H8O6S2/c1-32(2)45(37-21-27-44(28-22-37)30-33-29-42-23-19-38(33)47-3)25-14-6-4-5-13-24-43-26-20-36(31-43)40(39(41)46,34-15-9-7-10-16-34)35-17-11-8-12-18-35;11-17(12,13)9-5-1-3-7-8(9)4-2-6-10(7)18(14,15)16/h7-12,15-19,23,29,32,36-37H,4-6,13-14,20-22,24-28,30-31H2,1-3H3,(H2,41,46);1-6H,(H,11,12,13)(H,14,15,16)/t36-;/m1./s1. The molecule has 1 atom stereocenters. The molecule has 1 aromatic heterocycles. The van der Waals surface area contributed by atoms with E-state index in [2.05, 4.69) is 57.8 Å². The lowest BCUT2D eigenvalue weighted by atomic mass is 9.64. The van der Waals surface area contributed by atoms with Crippen LogP contribution >= 0.6 is 0 Å². The van der Waals surface area contributed by atoms with Crippen molar-refractivity contribution in [3.8, 4) is 5.75 Å². The Morgan fingerprint density at radius 2 is 1.29 bits per heavy atom. The highest BCUT2D eigenvalue weighted by atomic mass is 32.2. The lowest BCUT2D eigenvalue weighted by Gasteiger charge is -2.40. The Hall–Kier alpha value is -4.74. The number of rotatable bonds is 19. The second-order valence-corrected chi connectivity index (χ2v) is 20.3. The number of nitrogens with two attached hydrogens (primary N) is 1. The van der Waals surface area contributed by atoms with Gasteiger partial charge in [0.2, 0.25) is 5.91 Å². The number of benzene rings is 4. The summed E-state index contributed by atoms with van der Waals surface area (Å²) in [5.41, 5.74) is 8.69. The fourth-order valence-electron chi connectivity index (χ4n) is 10.0. The Bertz CT molecular complexity index is 2430. The minimum Gasteiger partial charge on any atom is -0.496 e. The molecule has 7 rings (SSSR count). The molecule has 4 N–H and O–H groups in total. The number of piperidine rings is 1. The summed E-state index contributed by atoms with van der Waals surface area (Å²) < 4.78 is 68.2. The van der Waals surface area contributed by atoms with Gasteiger partial charge in [-0.25, -0.2) is 0 Å². The first-order chi connectivity index (χ1) is 31.1. The minimum absolute atomic E-state index is 0.0233. The number of ether oxygens (including phenoxy) is 1. The summed E-state index contributed by atoms with van der Waals surface area (Å²) in [5.74, 6) is 0.858. The van der Waals surface area contributed by atoms with Crippen LogP contribution in [0.25, 0.3) is 10.8 Å². The lowest BCUT2D eigenvalue weighted by Crippen LogP contribution is -2.49. The maximum absolute atomic E-state index is 13.4. The molecule has 0 aliphatic carbocycles. The number of likely N-dealkylation sites (tertiary alicyclic amines) is 2. The molecular formula is C50H65N5O8S2. The van der Waals surface area contributed by atoms with E-state index in [0.717, 1.165) is 74.7 Å². The quantitative estimate of drug-likeness (QED) is 0.0540. The predicted molar refractivity (Wildman–Crippen MR) is 255 cm³/mol. The Labute approximate surface area is 385 Å². The molecule has 65 heavy (non-hydrogen) atoms. The van der Waals surface area contributed by atoms with E-state index < -0.39 is 35.4 Å². The number of hydrogen-bond acceptors (Lipinski definition) is 10. The van der Waals surface area contributed by atoms with Gasteiger partial charge >= 0.3 is 0 Å². The topological polar surface area (TPSA) is 184 Å². The zero-order valence-corrected chi connectivity index (χ0v) is 39.5. The van der Waals surface area contributed by atoms with Crippen LogP contribution in [0.4, 0.5) is 0 Å². The molecule has 5 aromatic rings. The lowest BCUT2D eigenvalue weighted by molar-refractivity contribution is -0.123. The average Bonchev–Trinajstić information content (AvgIpc) is 3.76. The third kappa shape index (κ3) is 12.4. The highest BCUT2D eigenvalue weighted by molar-refractivity contribution is 7.86. The van der Waals surface area contributed by atoms with E-state index >= 15 is 0 Å². The predicted octanol–water partition coefficient (Wildman–Crippen LogP) is 7.84. The van der Waals surface area contributed by atoms with E-state index in [1.54, 1.807) is 13.3 Å². The van der Waals surface area contributed by atoms with Crippen LogP contribution in [0, 0.1) is 5.92 Å². The van der Waals surface area contributed by atoms with Crippen molar-refractivity contribution in [3.63, 3.8) is 0 Å². The highest BCUT2D eigenvalue weighted by Crippen LogP contribution is 2.43. The zero-order valence-electron chi connectivity index (χ0n) is 37.8. The van der Waals surface area contributed by atoms with Crippen LogP contribution in [0.5, 0.6) is 5.75 Å². The zero-order chi connectivity index (χ0) is 46.6. The number of fused-ring (bicyclic) bond motifs is 1. The van der Waals surface area contributed by atoms with Crippen molar-refractivity contribution >= 4 is 36.9 Å². The fourth-order valence-corrected chi connectivity index (χ4v) is 11.4. The molecule has 3 heterocycles. The van der Waals surface area contributed by atoms with E-state index in [9.17, 15) is 21.6 Å². The maximum Gasteiger partial charge on any atom is 0.295 e. The summed E-state index contributed by atoms with van der Waals surface area (Å²) in [6.45, 7) is 12.1. The molecule has 2 aliphatic rings. The van der Waals surface area contributed by atoms with Crippen LogP contribution in [-0.2, 0) is 37.0 Å². The summed E-state index contributed by atoms with van der Waals surface area (Å²) >= 11 is 0. The maximum atomic E-state index is 13.4. The summed E-state index contributed by atoms with van der Waals surface area (Å²) in [5, 5.41) is 0.0465. The number of aromatic nitrogens is 1. The van der Waals surface area contributed by atoms with Gasteiger partial charge in [0, 0.05) is 53.9 Å². The van der Waals surface area contributed by atoms with Crippen molar-refractivity contribution in [2.45, 2.75) is 99.0 Å². The van der Waals surface area contributed by atoms with Crippen molar-refractivity contribution in [2.24, 2.45) is 11.7 Å². The van der Waals surface area contributed by atoms with Gasteiger partial charge in [0.25, 0.3) is 20.2 Å². The normalized spacial score (nSPS) is 16.8. The van der Waals surface area contributed by atoms with E-state index in [4.69, 9.17) is 19.6 Å². The minimum atomic E-state index is -4.47. The van der Waals surface area contributed by atoms with Crippen molar-refractivity contribution in [2.75, 3.05) is 46.4 Å². The molecule has 0 spiro atoms. The van der Waals surface area contributed by atoms with Gasteiger partial charge in [-0.2, -0.15) is 16.8 Å². The number of methoxy groups -OCH3 is 1. The second-order valence-electron chi connectivity index (χ2n) is 17.5. The molecule has 15 heteroatoms. The van der Waals surface area contributed by atoms with Gasteiger partial charge in [-0.05, 0) is 114 Å². The number of primary amides is 1. The molecule has 4 aromatic carbocycles.